The lowest BCUT2D eigenvalue weighted by molar-refractivity contribution is 0.126. The summed E-state index contributed by atoms with van der Waals surface area (Å²) in [4.78, 5) is 4.40. The molecule has 1 heterocycles. The first-order valence-electron chi connectivity index (χ1n) is 8.68. The zero-order valence-corrected chi connectivity index (χ0v) is 14.9. The van der Waals surface area contributed by atoms with Crippen molar-refractivity contribution in [2.75, 3.05) is 11.1 Å². The van der Waals surface area contributed by atoms with E-state index in [0.29, 0.717) is 17.9 Å². The highest BCUT2D eigenvalue weighted by Crippen LogP contribution is 2.23. The molecular formula is C18H32N4O. The van der Waals surface area contributed by atoms with Gasteiger partial charge in [-0.2, -0.15) is 0 Å². The van der Waals surface area contributed by atoms with Crippen LogP contribution < -0.4 is 16.4 Å². The van der Waals surface area contributed by atoms with Gasteiger partial charge in [0.1, 0.15) is 11.6 Å². The lowest BCUT2D eigenvalue weighted by Gasteiger charge is -2.28. The first-order chi connectivity index (χ1) is 10.7. The smallest absolute Gasteiger partial charge is 0.128 e. The molecule has 2 rings (SSSR count). The Morgan fingerprint density at radius 1 is 1.26 bits per heavy atom. The fourth-order valence-corrected chi connectivity index (χ4v) is 2.79. The highest BCUT2D eigenvalue weighted by Gasteiger charge is 2.21. The van der Waals surface area contributed by atoms with Crippen LogP contribution in [0.1, 0.15) is 58.9 Å². The number of pyridine rings is 1. The van der Waals surface area contributed by atoms with Gasteiger partial charge in [0.15, 0.2) is 0 Å². The Morgan fingerprint density at radius 3 is 2.52 bits per heavy atom. The summed E-state index contributed by atoms with van der Waals surface area (Å²) in [7, 11) is 0. The Kier molecular flexibility index (Phi) is 5.87. The Balaban J connectivity index is 1.96. The standard InChI is InChI=1S/C18H32N4O/c1-12(18(2,3)4)20-11-13-9-16(19)22-17(10-13)21-14-5-7-15(23)8-6-14/h9-10,12,14-15,20,23H,5-8,11H2,1-4H3,(H3,19,21,22)/t12-,14-,15-/m0/s1. The molecule has 5 heteroatoms. The van der Waals surface area contributed by atoms with E-state index in [1.54, 1.807) is 0 Å². The zero-order chi connectivity index (χ0) is 17.0. The molecule has 1 saturated carbocycles. The molecule has 0 aliphatic heterocycles. The van der Waals surface area contributed by atoms with Crippen LogP contribution in [-0.2, 0) is 6.54 Å². The van der Waals surface area contributed by atoms with E-state index < -0.39 is 0 Å². The van der Waals surface area contributed by atoms with E-state index in [1.807, 2.05) is 6.07 Å². The van der Waals surface area contributed by atoms with Crippen molar-refractivity contribution in [2.45, 2.75) is 78.1 Å². The van der Waals surface area contributed by atoms with Crippen molar-refractivity contribution in [2.24, 2.45) is 5.41 Å². The third-order valence-corrected chi connectivity index (χ3v) is 4.87. The van der Waals surface area contributed by atoms with Crippen LogP contribution >= 0.6 is 0 Å². The molecule has 0 saturated heterocycles. The van der Waals surface area contributed by atoms with Crippen LogP contribution in [0.15, 0.2) is 12.1 Å². The normalized spacial score (nSPS) is 23.5. The number of anilines is 2. The van der Waals surface area contributed by atoms with Gasteiger partial charge in [0.05, 0.1) is 6.10 Å². The predicted molar refractivity (Wildman–Crippen MR) is 96.3 cm³/mol. The van der Waals surface area contributed by atoms with Gasteiger partial charge in [-0.15, -0.1) is 0 Å². The minimum Gasteiger partial charge on any atom is -0.393 e. The molecule has 130 valence electrons. The zero-order valence-electron chi connectivity index (χ0n) is 14.9. The quantitative estimate of drug-likeness (QED) is 0.670. The van der Waals surface area contributed by atoms with E-state index in [2.05, 4.69) is 49.4 Å². The van der Waals surface area contributed by atoms with E-state index in [4.69, 9.17) is 5.73 Å². The summed E-state index contributed by atoms with van der Waals surface area (Å²) in [5.41, 5.74) is 7.33. The van der Waals surface area contributed by atoms with Crippen LogP contribution in [0.4, 0.5) is 11.6 Å². The predicted octanol–water partition coefficient (Wildman–Crippen LogP) is 2.90. The summed E-state index contributed by atoms with van der Waals surface area (Å²) >= 11 is 0. The Hall–Kier alpha value is -1.33. The monoisotopic (exact) mass is 320 g/mol. The number of nitrogen functional groups attached to an aromatic ring is 1. The second-order valence-corrected chi connectivity index (χ2v) is 7.90. The fourth-order valence-electron chi connectivity index (χ4n) is 2.79. The number of nitrogens with one attached hydrogen (secondary N) is 2. The summed E-state index contributed by atoms with van der Waals surface area (Å²) in [5, 5.41) is 16.6. The van der Waals surface area contributed by atoms with E-state index in [0.717, 1.165) is 43.6 Å². The molecule has 0 spiro atoms. The van der Waals surface area contributed by atoms with Crippen molar-refractivity contribution >= 4 is 11.6 Å². The molecule has 0 bridgehead atoms. The molecule has 0 radical (unpaired) electrons. The molecule has 5 nitrogen and oxygen atoms in total. The molecule has 0 amide bonds. The molecule has 1 aromatic heterocycles. The summed E-state index contributed by atoms with van der Waals surface area (Å²) in [6, 6.07) is 4.79. The number of rotatable bonds is 5. The van der Waals surface area contributed by atoms with Crippen molar-refractivity contribution in [3.05, 3.63) is 17.7 Å². The highest BCUT2D eigenvalue weighted by atomic mass is 16.3. The van der Waals surface area contributed by atoms with Gasteiger partial charge >= 0.3 is 0 Å². The number of nitrogens with zero attached hydrogens (tertiary/aromatic N) is 1. The fraction of sp³-hybridized carbons (Fsp3) is 0.722. The van der Waals surface area contributed by atoms with Crippen LogP contribution in [-0.4, -0.2) is 28.3 Å². The van der Waals surface area contributed by atoms with E-state index in [1.165, 1.54) is 0 Å². The van der Waals surface area contributed by atoms with E-state index in [-0.39, 0.29) is 11.5 Å². The molecule has 1 aliphatic carbocycles. The van der Waals surface area contributed by atoms with Gasteiger partial charge in [-0.3, -0.25) is 0 Å². The molecule has 1 atom stereocenters. The van der Waals surface area contributed by atoms with E-state index >= 15 is 0 Å². The van der Waals surface area contributed by atoms with Gasteiger partial charge in [-0.25, -0.2) is 4.98 Å². The average Bonchev–Trinajstić information content (AvgIpc) is 2.45. The van der Waals surface area contributed by atoms with Gasteiger partial charge < -0.3 is 21.5 Å². The summed E-state index contributed by atoms with van der Waals surface area (Å²) < 4.78 is 0. The average molecular weight is 320 g/mol. The van der Waals surface area contributed by atoms with Crippen molar-refractivity contribution in [1.29, 1.82) is 0 Å². The van der Waals surface area contributed by atoms with Gasteiger partial charge in [0.25, 0.3) is 0 Å². The molecule has 1 fully saturated rings. The first-order valence-corrected chi connectivity index (χ1v) is 8.68. The number of aliphatic hydroxyl groups excluding tert-OH is 1. The molecule has 0 aromatic carbocycles. The van der Waals surface area contributed by atoms with E-state index in [9.17, 15) is 5.11 Å². The minimum absolute atomic E-state index is 0.138. The molecule has 23 heavy (non-hydrogen) atoms. The Labute approximate surface area is 140 Å². The highest BCUT2D eigenvalue weighted by molar-refractivity contribution is 5.47. The second-order valence-electron chi connectivity index (χ2n) is 7.90. The maximum atomic E-state index is 9.60. The SMILES string of the molecule is C[C@H](NCc1cc(N)nc(N[C@H]2CC[C@H](O)CC2)c1)C(C)(C)C. The third-order valence-electron chi connectivity index (χ3n) is 4.87. The van der Waals surface area contributed by atoms with Gasteiger partial charge in [0, 0.05) is 18.6 Å². The van der Waals surface area contributed by atoms with Crippen LogP contribution in [0.5, 0.6) is 0 Å². The van der Waals surface area contributed by atoms with Crippen LogP contribution in [0.25, 0.3) is 0 Å². The van der Waals surface area contributed by atoms with Crippen molar-refractivity contribution in [3.8, 4) is 0 Å². The minimum atomic E-state index is -0.138. The van der Waals surface area contributed by atoms with Crippen molar-refractivity contribution in [3.63, 3.8) is 0 Å². The number of nitrogens with two attached hydrogens (primary N) is 1. The van der Waals surface area contributed by atoms with Gasteiger partial charge in [-0.05, 0) is 55.7 Å². The largest absolute Gasteiger partial charge is 0.393 e. The molecular weight excluding hydrogens is 288 g/mol. The van der Waals surface area contributed by atoms with Crippen LogP contribution in [0.2, 0.25) is 0 Å². The number of aromatic nitrogens is 1. The van der Waals surface area contributed by atoms with Gasteiger partial charge in [0.2, 0.25) is 0 Å². The van der Waals surface area contributed by atoms with Crippen LogP contribution in [0.3, 0.4) is 0 Å². The third kappa shape index (κ3) is 5.66. The molecule has 5 N–H and O–H groups in total. The number of aliphatic hydroxyl groups is 1. The lowest BCUT2D eigenvalue weighted by Crippen LogP contribution is -2.37. The topological polar surface area (TPSA) is 83.2 Å². The summed E-state index contributed by atoms with van der Waals surface area (Å²) in [6.45, 7) is 9.68. The lowest BCUT2D eigenvalue weighted by atomic mass is 9.88. The van der Waals surface area contributed by atoms with Crippen molar-refractivity contribution < 1.29 is 5.11 Å². The Bertz CT molecular complexity index is 504. The maximum absolute atomic E-state index is 9.60. The number of hydrogen-bond acceptors (Lipinski definition) is 5. The molecule has 1 aliphatic rings. The molecule has 1 aromatic rings. The number of hydrogen-bond donors (Lipinski definition) is 4. The van der Waals surface area contributed by atoms with Crippen molar-refractivity contribution in [1.82, 2.24) is 10.3 Å². The van der Waals surface area contributed by atoms with Crippen LogP contribution in [0, 0.1) is 5.41 Å². The second kappa shape index (κ2) is 7.49. The maximum Gasteiger partial charge on any atom is 0.128 e. The summed E-state index contributed by atoms with van der Waals surface area (Å²) in [5.74, 6) is 1.39. The molecule has 0 unspecified atom stereocenters. The first kappa shape index (κ1) is 18.0. The summed E-state index contributed by atoms with van der Waals surface area (Å²) in [6.07, 6.45) is 3.54. The Morgan fingerprint density at radius 2 is 1.91 bits per heavy atom. The van der Waals surface area contributed by atoms with Gasteiger partial charge in [-0.1, -0.05) is 20.8 Å².